The van der Waals surface area contributed by atoms with Gasteiger partial charge in [-0.3, -0.25) is 4.99 Å². The van der Waals surface area contributed by atoms with Gasteiger partial charge in [0.05, 0.1) is 20.8 Å². The first-order chi connectivity index (χ1) is 15.1. The Morgan fingerprint density at radius 1 is 1.19 bits per heavy atom. The number of nitrogens with zero attached hydrogens (tertiary/aromatic N) is 4. The summed E-state index contributed by atoms with van der Waals surface area (Å²) in [6.45, 7) is 1.92. The van der Waals surface area contributed by atoms with Crippen molar-refractivity contribution < 1.29 is 14.0 Å². The molecule has 31 heavy (non-hydrogen) atoms. The third kappa shape index (κ3) is 4.59. The van der Waals surface area contributed by atoms with Crippen LogP contribution < -0.4 is 14.8 Å². The molecule has 0 amide bonds. The van der Waals surface area contributed by atoms with Crippen LogP contribution in [0.2, 0.25) is 5.02 Å². The number of hydrogen-bond donors (Lipinski definition) is 1. The molecule has 0 atom stereocenters. The van der Waals surface area contributed by atoms with Gasteiger partial charge in [0.15, 0.2) is 17.5 Å². The molecule has 162 valence electrons. The van der Waals surface area contributed by atoms with Gasteiger partial charge in [-0.15, -0.1) is 0 Å². The zero-order valence-electron chi connectivity index (χ0n) is 17.7. The van der Waals surface area contributed by atoms with Gasteiger partial charge in [-0.05, 0) is 41.8 Å². The number of guanidine groups is 1. The summed E-state index contributed by atoms with van der Waals surface area (Å²) in [5, 5.41) is 7.98. The van der Waals surface area contributed by atoms with Gasteiger partial charge in [0.25, 0.3) is 0 Å². The molecule has 3 aromatic rings. The molecule has 0 unspecified atom stereocenters. The Bertz CT molecular complexity index is 1100. The second-order valence-corrected chi connectivity index (χ2v) is 7.51. The predicted molar refractivity (Wildman–Crippen MR) is 119 cm³/mol. The number of ether oxygens (including phenoxy) is 2. The van der Waals surface area contributed by atoms with E-state index in [4.69, 9.17) is 25.6 Å². The average molecular weight is 442 g/mol. The van der Waals surface area contributed by atoms with E-state index in [1.54, 1.807) is 33.4 Å². The van der Waals surface area contributed by atoms with Crippen LogP contribution in [0.3, 0.4) is 0 Å². The van der Waals surface area contributed by atoms with Crippen LogP contribution in [0.4, 0.5) is 0 Å². The van der Waals surface area contributed by atoms with E-state index in [1.807, 2.05) is 18.2 Å². The average Bonchev–Trinajstić information content (AvgIpc) is 3.27. The lowest BCUT2D eigenvalue weighted by atomic mass is 9.99. The molecule has 1 aromatic heterocycles. The van der Waals surface area contributed by atoms with Crippen LogP contribution in [0.15, 0.2) is 45.9 Å². The summed E-state index contributed by atoms with van der Waals surface area (Å²) in [7, 11) is 5.06. The summed E-state index contributed by atoms with van der Waals surface area (Å²) >= 11 is 6.05. The number of nitrogens with one attached hydrogen (secondary N) is 1. The molecular weight excluding hydrogens is 418 g/mol. The van der Waals surface area contributed by atoms with E-state index >= 15 is 0 Å². The van der Waals surface area contributed by atoms with Crippen molar-refractivity contribution in [2.24, 2.45) is 4.99 Å². The molecule has 4 rings (SSSR count). The third-order valence-electron chi connectivity index (χ3n) is 5.18. The second kappa shape index (κ2) is 9.26. The van der Waals surface area contributed by atoms with Gasteiger partial charge in [-0.25, -0.2) is 0 Å². The lowest BCUT2D eigenvalue weighted by Crippen LogP contribution is -2.43. The summed E-state index contributed by atoms with van der Waals surface area (Å²) in [4.78, 5) is 11.1. The lowest BCUT2D eigenvalue weighted by molar-refractivity contribution is 0.343. The van der Waals surface area contributed by atoms with Crippen molar-refractivity contribution in [3.8, 4) is 22.9 Å². The monoisotopic (exact) mass is 441 g/mol. The van der Waals surface area contributed by atoms with Crippen LogP contribution in [-0.4, -0.2) is 48.8 Å². The zero-order valence-corrected chi connectivity index (χ0v) is 18.4. The molecule has 0 bridgehead atoms. The summed E-state index contributed by atoms with van der Waals surface area (Å²) in [5.41, 5.74) is 3.25. The normalized spacial score (nSPS) is 13.7. The topological polar surface area (TPSA) is 85.0 Å². The fourth-order valence-corrected chi connectivity index (χ4v) is 3.81. The standard InChI is InChI=1S/C22H24ClN5O3/c1-24-22(25-12-20-26-21(27-31-20)15-5-4-6-17(23)9-15)28-8-7-14-10-18(29-2)19(30-3)11-16(14)13-28/h4-6,9-11H,7-8,12-13H2,1-3H3,(H,24,25). The van der Waals surface area contributed by atoms with Crippen molar-refractivity contribution in [2.45, 2.75) is 19.5 Å². The van der Waals surface area contributed by atoms with Gasteiger partial charge >= 0.3 is 0 Å². The van der Waals surface area contributed by atoms with Gasteiger partial charge in [-0.1, -0.05) is 28.9 Å². The number of halogens is 1. The zero-order chi connectivity index (χ0) is 21.8. The SMILES string of the molecule is CN=C(NCc1nc(-c2cccc(Cl)c2)no1)N1CCc2cc(OC)c(OC)cc2C1. The van der Waals surface area contributed by atoms with Crippen molar-refractivity contribution in [2.75, 3.05) is 27.8 Å². The third-order valence-corrected chi connectivity index (χ3v) is 5.41. The molecule has 1 aliphatic rings. The summed E-state index contributed by atoms with van der Waals surface area (Å²) in [6.07, 6.45) is 0.885. The Morgan fingerprint density at radius 2 is 1.97 bits per heavy atom. The number of benzene rings is 2. The molecule has 0 radical (unpaired) electrons. The minimum atomic E-state index is 0.371. The van der Waals surface area contributed by atoms with E-state index in [0.29, 0.717) is 29.8 Å². The Hall–Kier alpha value is -3.26. The van der Waals surface area contributed by atoms with E-state index in [-0.39, 0.29) is 0 Å². The fourth-order valence-electron chi connectivity index (χ4n) is 3.62. The molecule has 8 nitrogen and oxygen atoms in total. The van der Waals surface area contributed by atoms with E-state index in [2.05, 4.69) is 31.4 Å². The second-order valence-electron chi connectivity index (χ2n) is 7.07. The van der Waals surface area contributed by atoms with Crippen molar-refractivity contribution in [3.05, 3.63) is 58.4 Å². The summed E-state index contributed by atoms with van der Waals surface area (Å²) < 4.78 is 16.3. The van der Waals surface area contributed by atoms with Crippen LogP contribution in [-0.2, 0) is 19.5 Å². The number of aliphatic imine (C=N–C) groups is 1. The van der Waals surface area contributed by atoms with Crippen LogP contribution >= 0.6 is 11.6 Å². The first-order valence-corrected chi connectivity index (χ1v) is 10.3. The van der Waals surface area contributed by atoms with Gasteiger partial charge in [-0.2, -0.15) is 4.98 Å². The fraction of sp³-hybridized carbons (Fsp3) is 0.318. The predicted octanol–water partition coefficient (Wildman–Crippen LogP) is 3.54. The first kappa shape index (κ1) is 21.0. The van der Waals surface area contributed by atoms with Crippen LogP contribution in [0, 0.1) is 0 Å². The van der Waals surface area contributed by atoms with Crippen molar-refractivity contribution in [1.82, 2.24) is 20.4 Å². The van der Waals surface area contributed by atoms with E-state index < -0.39 is 0 Å². The molecule has 1 aliphatic heterocycles. The molecule has 9 heteroatoms. The quantitative estimate of drug-likeness (QED) is 0.478. The highest BCUT2D eigenvalue weighted by atomic mass is 35.5. The maximum Gasteiger partial charge on any atom is 0.246 e. The molecule has 2 heterocycles. The molecular formula is C22H24ClN5O3. The molecule has 0 fully saturated rings. The minimum Gasteiger partial charge on any atom is -0.493 e. The highest BCUT2D eigenvalue weighted by molar-refractivity contribution is 6.30. The highest BCUT2D eigenvalue weighted by Crippen LogP contribution is 2.33. The molecule has 0 aliphatic carbocycles. The molecule has 0 saturated carbocycles. The van der Waals surface area contributed by atoms with Crippen molar-refractivity contribution in [1.29, 1.82) is 0 Å². The maximum absolute atomic E-state index is 6.05. The van der Waals surface area contributed by atoms with Gasteiger partial charge in [0.2, 0.25) is 11.7 Å². The number of hydrogen-bond acceptors (Lipinski definition) is 6. The van der Waals surface area contributed by atoms with Crippen LogP contribution in [0.1, 0.15) is 17.0 Å². The van der Waals surface area contributed by atoms with E-state index in [1.165, 1.54) is 11.1 Å². The molecule has 2 aromatic carbocycles. The maximum atomic E-state index is 6.05. The lowest BCUT2D eigenvalue weighted by Gasteiger charge is -2.32. The number of fused-ring (bicyclic) bond motifs is 1. The smallest absolute Gasteiger partial charge is 0.246 e. The Morgan fingerprint density at radius 3 is 2.68 bits per heavy atom. The van der Waals surface area contributed by atoms with E-state index in [0.717, 1.165) is 36.0 Å². The van der Waals surface area contributed by atoms with Crippen molar-refractivity contribution in [3.63, 3.8) is 0 Å². The Balaban J connectivity index is 1.43. The molecule has 0 spiro atoms. The summed E-state index contributed by atoms with van der Waals surface area (Å²) in [6, 6.07) is 11.4. The van der Waals surface area contributed by atoms with E-state index in [9.17, 15) is 0 Å². The van der Waals surface area contributed by atoms with Gasteiger partial charge in [0.1, 0.15) is 0 Å². The summed E-state index contributed by atoms with van der Waals surface area (Å²) in [5.74, 6) is 3.22. The van der Waals surface area contributed by atoms with Gasteiger partial charge in [0, 0.05) is 30.7 Å². The number of aromatic nitrogens is 2. The Labute approximate surface area is 185 Å². The number of methoxy groups -OCH3 is 2. The van der Waals surface area contributed by atoms with Gasteiger partial charge < -0.3 is 24.2 Å². The minimum absolute atomic E-state index is 0.371. The van der Waals surface area contributed by atoms with Crippen LogP contribution in [0.25, 0.3) is 11.4 Å². The molecule has 1 N–H and O–H groups in total. The molecule has 0 saturated heterocycles. The Kier molecular flexibility index (Phi) is 6.27. The largest absolute Gasteiger partial charge is 0.493 e. The number of rotatable bonds is 5. The highest BCUT2D eigenvalue weighted by Gasteiger charge is 2.22. The first-order valence-electron chi connectivity index (χ1n) is 9.89. The van der Waals surface area contributed by atoms with Crippen LogP contribution in [0.5, 0.6) is 11.5 Å². The van der Waals surface area contributed by atoms with Crippen molar-refractivity contribution >= 4 is 17.6 Å².